The number of anilines is 1. The van der Waals surface area contributed by atoms with Crippen LogP contribution in [0.25, 0.3) is 0 Å². The molecule has 0 bridgehead atoms. The average Bonchev–Trinajstić information content (AvgIpc) is 2.98. The predicted octanol–water partition coefficient (Wildman–Crippen LogP) is 3.00. The van der Waals surface area contributed by atoms with E-state index in [1.807, 2.05) is 30.3 Å². The molecule has 0 radical (unpaired) electrons. The molecule has 1 unspecified atom stereocenters. The first kappa shape index (κ1) is 18.2. The minimum absolute atomic E-state index is 0.0245. The molecule has 1 atom stereocenters. The van der Waals surface area contributed by atoms with Crippen molar-refractivity contribution in [2.45, 2.75) is 19.0 Å². The van der Waals surface area contributed by atoms with Crippen molar-refractivity contribution in [1.29, 1.82) is 0 Å². The van der Waals surface area contributed by atoms with E-state index in [0.29, 0.717) is 26.1 Å². The van der Waals surface area contributed by atoms with E-state index in [4.69, 9.17) is 0 Å². The summed E-state index contributed by atoms with van der Waals surface area (Å²) in [7, 11) is 0. The Kier molecular flexibility index (Phi) is 5.39. The first-order valence-corrected chi connectivity index (χ1v) is 8.37. The van der Waals surface area contributed by atoms with Crippen LogP contribution >= 0.6 is 0 Å². The molecule has 1 aromatic carbocycles. The van der Waals surface area contributed by atoms with Gasteiger partial charge in [0.15, 0.2) is 0 Å². The lowest BCUT2D eigenvalue weighted by Gasteiger charge is -2.17. The summed E-state index contributed by atoms with van der Waals surface area (Å²) >= 11 is 0. The Hall–Kier alpha value is -2.64. The van der Waals surface area contributed by atoms with Crippen molar-refractivity contribution in [1.82, 2.24) is 14.9 Å². The third kappa shape index (κ3) is 4.71. The number of rotatable bonds is 6. The van der Waals surface area contributed by atoms with E-state index in [1.54, 1.807) is 4.90 Å². The molecule has 1 amide bonds. The highest BCUT2D eigenvalue weighted by atomic mass is 19.4. The van der Waals surface area contributed by atoms with Crippen LogP contribution in [-0.2, 0) is 17.4 Å². The van der Waals surface area contributed by atoms with E-state index in [1.165, 1.54) is 5.56 Å². The second-order valence-electron chi connectivity index (χ2n) is 6.29. The van der Waals surface area contributed by atoms with E-state index in [0.717, 1.165) is 18.7 Å². The Morgan fingerprint density at radius 3 is 2.69 bits per heavy atom. The zero-order valence-electron chi connectivity index (χ0n) is 14.0. The van der Waals surface area contributed by atoms with Crippen LogP contribution in [0, 0.1) is 5.92 Å². The summed E-state index contributed by atoms with van der Waals surface area (Å²) in [6.07, 6.45) is -2.27. The van der Waals surface area contributed by atoms with Crippen LogP contribution in [0.15, 0.2) is 42.6 Å². The van der Waals surface area contributed by atoms with Gasteiger partial charge in [-0.25, -0.2) is 9.97 Å². The van der Waals surface area contributed by atoms with Crippen LogP contribution in [0.3, 0.4) is 0 Å². The molecule has 8 heteroatoms. The van der Waals surface area contributed by atoms with E-state index >= 15 is 0 Å². The van der Waals surface area contributed by atoms with Gasteiger partial charge in [-0.1, -0.05) is 30.3 Å². The highest BCUT2D eigenvalue weighted by Gasteiger charge is 2.33. The number of aromatic nitrogens is 2. The fourth-order valence-electron chi connectivity index (χ4n) is 2.95. The van der Waals surface area contributed by atoms with Gasteiger partial charge >= 0.3 is 6.18 Å². The molecule has 5 nitrogen and oxygen atoms in total. The SMILES string of the molecule is O=C1CC(CNc2nccc(C(F)(F)F)n2)CN1CCc1ccccc1. The molecule has 138 valence electrons. The maximum atomic E-state index is 12.7. The molecule has 0 aliphatic carbocycles. The predicted molar refractivity (Wildman–Crippen MR) is 90.4 cm³/mol. The Morgan fingerprint density at radius 2 is 1.96 bits per heavy atom. The average molecular weight is 364 g/mol. The normalized spacial score (nSPS) is 17.6. The molecule has 2 aromatic rings. The molecule has 0 spiro atoms. The van der Waals surface area contributed by atoms with Gasteiger partial charge in [-0.15, -0.1) is 0 Å². The number of hydrogen-bond acceptors (Lipinski definition) is 4. The summed E-state index contributed by atoms with van der Waals surface area (Å²) in [5.74, 6) is 0.0177. The van der Waals surface area contributed by atoms with Crippen molar-refractivity contribution in [3.05, 3.63) is 53.9 Å². The zero-order chi connectivity index (χ0) is 18.6. The molecule has 1 aromatic heterocycles. The van der Waals surface area contributed by atoms with Crippen LogP contribution < -0.4 is 5.32 Å². The first-order chi connectivity index (χ1) is 12.4. The highest BCUT2D eigenvalue weighted by Crippen LogP contribution is 2.27. The van der Waals surface area contributed by atoms with Crippen LogP contribution in [0.2, 0.25) is 0 Å². The maximum Gasteiger partial charge on any atom is 0.433 e. The van der Waals surface area contributed by atoms with Crippen molar-refractivity contribution in [2.75, 3.05) is 25.0 Å². The molecule has 3 rings (SSSR count). The number of carbonyl (C=O) groups is 1. The lowest BCUT2D eigenvalue weighted by molar-refractivity contribution is -0.141. The zero-order valence-corrected chi connectivity index (χ0v) is 14.0. The van der Waals surface area contributed by atoms with Gasteiger partial charge in [-0.05, 0) is 18.1 Å². The van der Waals surface area contributed by atoms with E-state index in [2.05, 4.69) is 15.3 Å². The molecule has 1 fully saturated rings. The van der Waals surface area contributed by atoms with Crippen LogP contribution in [0.1, 0.15) is 17.7 Å². The van der Waals surface area contributed by atoms with Crippen molar-refractivity contribution < 1.29 is 18.0 Å². The second kappa shape index (κ2) is 7.72. The molecule has 1 aliphatic heterocycles. The molecule has 1 aliphatic rings. The molecule has 1 N–H and O–H groups in total. The van der Waals surface area contributed by atoms with Crippen molar-refractivity contribution in [3.8, 4) is 0 Å². The number of nitrogens with one attached hydrogen (secondary N) is 1. The largest absolute Gasteiger partial charge is 0.433 e. The van der Waals surface area contributed by atoms with Gasteiger partial charge in [-0.3, -0.25) is 4.79 Å². The Labute approximate surface area is 149 Å². The molecule has 26 heavy (non-hydrogen) atoms. The first-order valence-electron chi connectivity index (χ1n) is 8.37. The Morgan fingerprint density at radius 1 is 1.19 bits per heavy atom. The number of halogens is 3. The van der Waals surface area contributed by atoms with E-state index in [9.17, 15) is 18.0 Å². The molecule has 2 heterocycles. The van der Waals surface area contributed by atoms with Crippen LogP contribution in [-0.4, -0.2) is 40.4 Å². The lowest BCUT2D eigenvalue weighted by atomic mass is 10.1. The summed E-state index contributed by atoms with van der Waals surface area (Å²) in [5, 5.41) is 2.81. The molecule has 1 saturated heterocycles. The maximum absolute atomic E-state index is 12.7. The number of nitrogens with zero attached hydrogens (tertiary/aromatic N) is 3. The van der Waals surface area contributed by atoms with Gasteiger partial charge in [-0.2, -0.15) is 13.2 Å². The smallest absolute Gasteiger partial charge is 0.354 e. The van der Waals surface area contributed by atoms with Crippen molar-refractivity contribution >= 4 is 11.9 Å². The van der Waals surface area contributed by atoms with E-state index < -0.39 is 11.9 Å². The van der Waals surface area contributed by atoms with Crippen LogP contribution in [0.4, 0.5) is 19.1 Å². The fraction of sp³-hybridized carbons (Fsp3) is 0.389. The summed E-state index contributed by atoms with van der Waals surface area (Å²) in [6.45, 7) is 1.58. The highest BCUT2D eigenvalue weighted by molar-refractivity contribution is 5.78. The number of carbonyl (C=O) groups excluding carboxylic acids is 1. The van der Waals surface area contributed by atoms with Gasteiger partial charge in [0.05, 0.1) is 0 Å². The monoisotopic (exact) mass is 364 g/mol. The summed E-state index contributed by atoms with van der Waals surface area (Å²) < 4.78 is 38.0. The topological polar surface area (TPSA) is 58.1 Å². The van der Waals surface area contributed by atoms with Crippen molar-refractivity contribution in [2.24, 2.45) is 5.92 Å². The number of benzene rings is 1. The number of likely N-dealkylation sites (tertiary alicyclic amines) is 1. The number of alkyl halides is 3. The summed E-state index contributed by atoms with van der Waals surface area (Å²) in [5.41, 5.74) is 0.182. The van der Waals surface area contributed by atoms with Gasteiger partial charge in [0.2, 0.25) is 11.9 Å². The minimum atomic E-state index is -4.50. The van der Waals surface area contributed by atoms with E-state index in [-0.39, 0.29) is 17.8 Å². The van der Waals surface area contributed by atoms with Gasteiger partial charge < -0.3 is 10.2 Å². The van der Waals surface area contributed by atoms with Crippen molar-refractivity contribution in [3.63, 3.8) is 0 Å². The lowest BCUT2D eigenvalue weighted by Crippen LogP contribution is -2.28. The molecular weight excluding hydrogens is 345 g/mol. The third-order valence-electron chi connectivity index (χ3n) is 4.30. The minimum Gasteiger partial charge on any atom is -0.354 e. The van der Waals surface area contributed by atoms with Crippen LogP contribution in [0.5, 0.6) is 0 Å². The van der Waals surface area contributed by atoms with Gasteiger partial charge in [0.1, 0.15) is 5.69 Å². The summed E-state index contributed by atoms with van der Waals surface area (Å²) in [4.78, 5) is 21.2. The van der Waals surface area contributed by atoms with Gasteiger partial charge in [0.25, 0.3) is 0 Å². The second-order valence-corrected chi connectivity index (χ2v) is 6.29. The molecule has 0 saturated carbocycles. The fourth-order valence-corrected chi connectivity index (χ4v) is 2.95. The Balaban J connectivity index is 1.50. The van der Waals surface area contributed by atoms with Gasteiger partial charge in [0, 0.05) is 38.2 Å². The number of hydrogen-bond donors (Lipinski definition) is 1. The molecular formula is C18H19F3N4O. The Bertz CT molecular complexity index is 752. The quantitative estimate of drug-likeness (QED) is 0.856. The summed E-state index contributed by atoms with van der Waals surface area (Å²) in [6, 6.07) is 10.7. The standard InChI is InChI=1S/C18H19F3N4O/c19-18(20,21)15-6-8-22-17(24-15)23-11-14-10-16(26)25(12-14)9-7-13-4-2-1-3-5-13/h1-6,8,14H,7,9-12H2,(H,22,23,24). The third-order valence-corrected chi connectivity index (χ3v) is 4.30. The number of amides is 1.